The summed E-state index contributed by atoms with van der Waals surface area (Å²) in [6.45, 7) is 3.50. The van der Waals surface area contributed by atoms with Crippen molar-refractivity contribution in [2.24, 2.45) is 0 Å². The van der Waals surface area contributed by atoms with Crippen LogP contribution >= 0.6 is 23.2 Å². The lowest BCUT2D eigenvalue weighted by Gasteiger charge is -2.25. The van der Waals surface area contributed by atoms with Gasteiger partial charge in [0.2, 0.25) is 0 Å². The highest BCUT2D eigenvalue weighted by molar-refractivity contribution is 6.37. The first-order valence-electron chi connectivity index (χ1n) is 6.23. The first kappa shape index (κ1) is 17.6. The number of carbonyl (C=O) groups is 2. The van der Waals surface area contributed by atoms with E-state index in [1.165, 1.54) is 19.2 Å². The number of nitrogens with one attached hydrogen (secondary N) is 1. The van der Waals surface area contributed by atoms with Crippen molar-refractivity contribution in [3.63, 3.8) is 0 Å². The number of amides is 1. The summed E-state index contributed by atoms with van der Waals surface area (Å²) < 4.78 is 5.02. The van der Waals surface area contributed by atoms with Crippen LogP contribution in [0.15, 0.2) is 12.1 Å². The number of hydrogen-bond donors (Lipinski definition) is 2. The first-order valence-corrected chi connectivity index (χ1v) is 6.99. The number of halogens is 2. The Balaban J connectivity index is 2.87. The highest BCUT2D eigenvalue weighted by Gasteiger charge is 2.23. The molecular formula is C14H17Cl2NO4. The minimum atomic E-state index is -0.909. The lowest BCUT2D eigenvalue weighted by atomic mass is 9.97. The Morgan fingerprint density at radius 3 is 2.24 bits per heavy atom. The maximum Gasteiger partial charge on any atom is 0.303 e. The zero-order chi connectivity index (χ0) is 16.2. The SMILES string of the molecule is COc1c(Cl)cc(C(=O)NC(C)(C)CCC(=O)O)cc1Cl. The van der Waals surface area contributed by atoms with Crippen molar-refractivity contribution in [2.45, 2.75) is 32.2 Å². The molecule has 7 heteroatoms. The molecule has 1 rings (SSSR count). The first-order chi connectivity index (χ1) is 9.66. The van der Waals surface area contributed by atoms with Crippen molar-refractivity contribution in [2.75, 3.05) is 7.11 Å². The summed E-state index contributed by atoms with van der Waals surface area (Å²) in [7, 11) is 1.43. The van der Waals surface area contributed by atoms with E-state index in [1.807, 2.05) is 0 Å². The molecule has 5 nitrogen and oxygen atoms in total. The van der Waals surface area contributed by atoms with Gasteiger partial charge in [-0.3, -0.25) is 9.59 Å². The molecule has 0 aliphatic heterocycles. The number of carboxylic acids is 1. The molecule has 0 fully saturated rings. The quantitative estimate of drug-likeness (QED) is 0.836. The minimum absolute atomic E-state index is 0.0304. The van der Waals surface area contributed by atoms with Crippen LogP contribution in [0, 0.1) is 0 Å². The van der Waals surface area contributed by atoms with Gasteiger partial charge in [0, 0.05) is 17.5 Å². The summed E-state index contributed by atoms with van der Waals surface area (Å²) in [5.41, 5.74) is -0.372. The highest BCUT2D eigenvalue weighted by Crippen LogP contribution is 2.33. The van der Waals surface area contributed by atoms with Crippen molar-refractivity contribution in [3.05, 3.63) is 27.7 Å². The molecule has 0 atom stereocenters. The van der Waals surface area contributed by atoms with Crippen molar-refractivity contribution >= 4 is 35.1 Å². The molecule has 0 saturated heterocycles. The van der Waals surface area contributed by atoms with E-state index >= 15 is 0 Å². The second-order valence-corrected chi connectivity index (χ2v) is 6.02. The highest BCUT2D eigenvalue weighted by atomic mass is 35.5. The van der Waals surface area contributed by atoms with E-state index < -0.39 is 11.5 Å². The normalized spacial score (nSPS) is 11.1. The van der Waals surface area contributed by atoms with E-state index in [0.717, 1.165) is 0 Å². The topological polar surface area (TPSA) is 75.6 Å². The third-order valence-corrected chi connectivity index (χ3v) is 3.44. The number of rotatable bonds is 6. The van der Waals surface area contributed by atoms with Gasteiger partial charge >= 0.3 is 5.97 Å². The number of aliphatic carboxylic acids is 1. The number of ether oxygens (including phenoxy) is 1. The molecule has 0 spiro atoms. The molecule has 1 amide bonds. The molecule has 1 aromatic rings. The minimum Gasteiger partial charge on any atom is -0.494 e. The molecule has 0 aliphatic carbocycles. The molecule has 2 N–H and O–H groups in total. The molecule has 116 valence electrons. The third kappa shape index (κ3) is 5.10. The van der Waals surface area contributed by atoms with E-state index in [4.69, 9.17) is 33.0 Å². The fraction of sp³-hybridized carbons (Fsp3) is 0.429. The maximum absolute atomic E-state index is 12.2. The Kier molecular flexibility index (Phi) is 5.87. The van der Waals surface area contributed by atoms with Crippen molar-refractivity contribution in [1.29, 1.82) is 0 Å². The van der Waals surface area contributed by atoms with Gasteiger partial charge in [-0.15, -0.1) is 0 Å². The molecule has 0 radical (unpaired) electrons. The Bertz CT molecular complexity index is 535. The number of carboxylic acid groups (broad SMARTS) is 1. The average molecular weight is 334 g/mol. The van der Waals surface area contributed by atoms with Crippen LogP contribution < -0.4 is 10.1 Å². The monoisotopic (exact) mass is 333 g/mol. The Labute approximate surface area is 133 Å². The summed E-state index contributed by atoms with van der Waals surface area (Å²) in [5, 5.41) is 11.9. The Morgan fingerprint density at radius 1 is 1.29 bits per heavy atom. The molecule has 0 bridgehead atoms. The average Bonchev–Trinajstić information content (AvgIpc) is 2.35. The van der Waals surface area contributed by atoms with Crippen LogP contribution in [0.1, 0.15) is 37.0 Å². The number of methoxy groups -OCH3 is 1. The van der Waals surface area contributed by atoms with Gasteiger partial charge in [-0.1, -0.05) is 23.2 Å². The van der Waals surface area contributed by atoms with E-state index in [2.05, 4.69) is 5.32 Å². The molecule has 0 aromatic heterocycles. The molecule has 21 heavy (non-hydrogen) atoms. The van der Waals surface area contributed by atoms with Crippen LogP contribution in [0.4, 0.5) is 0 Å². The summed E-state index contributed by atoms with van der Waals surface area (Å²) >= 11 is 12.0. The van der Waals surface area contributed by atoms with Crippen LogP contribution in [-0.2, 0) is 4.79 Å². The van der Waals surface area contributed by atoms with Crippen LogP contribution in [-0.4, -0.2) is 29.6 Å². The van der Waals surface area contributed by atoms with Crippen LogP contribution in [0.25, 0.3) is 0 Å². The van der Waals surface area contributed by atoms with Gasteiger partial charge in [-0.2, -0.15) is 0 Å². The van der Waals surface area contributed by atoms with Crippen LogP contribution in [0.5, 0.6) is 5.75 Å². The Morgan fingerprint density at radius 2 is 1.81 bits per heavy atom. The van der Waals surface area contributed by atoms with E-state index in [-0.39, 0.29) is 27.9 Å². The second-order valence-electron chi connectivity index (χ2n) is 5.20. The smallest absolute Gasteiger partial charge is 0.303 e. The van der Waals surface area contributed by atoms with Crippen LogP contribution in [0.3, 0.4) is 0 Å². The zero-order valence-corrected chi connectivity index (χ0v) is 13.5. The predicted molar refractivity (Wildman–Crippen MR) is 81.4 cm³/mol. The van der Waals surface area contributed by atoms with Crippen molar-refractivity contribution in [3.8, 4) is 5.75 Å². The summed E-state index contributed by atoms with van der Waals surface area (Å²) in [5.74, 6) is -0.982. The van der Waals surface area contributed by atoms with Crippen molar-refractivity contribution < 1.29 is 19.4 Å². The van der Waals surface area contributed by atoms with Crippen LogP contribution in [0.2, 0.25) is 10.0 Å². The largest absolute Gasteiger partial charge is 0.494 e. The van der Waals surface area contributed by atoms with E-state index in [9.17, 15) is 9.59 Å². The summed E-state index contributed by atoms with van der Waals surface area (Å²) in [6.07, 6.45) is 0.281. The number of carbonyl (C=O) groups excluding carboxylic acids is 1. The van der Waals surface area contributed by atoms with Gasteiger partial charge in [-0.05, 0) is 32.4 Å². The molecule has 0 unspecified atom stereocenters. The second kappa shape index (κ2) is 7.00. The lowest BCUT2D eigenvalue weighted by molar-refractivity contribution is -0.137. The fourth-order valence-corrected chi connectivity index (χ4v) is 2.39. The molecule has 0 heterocycles. The summed E-state index contributed by atoms with van der Waals surface area (Å²) in [6, 6.07) is 2.91. The molecule has 0 saturated carbocycles. The Hall–Kier alpha value is -1.46. The van der Waals surface area contributed by atoms with Gasteiger partial charge < -0.3 is 15.2 Å². The maximum atomic E-state index is 12.2. The molecular weight excluding hydrogens is 317 g/mol. The van der Waals surface area contributed by atoms with Gasteiger partial charge in [0.15, 0.2) is 5.75 Å². The predicted octanol–water partition coefficient (Wildman–Crippen LogP) is 3.38. The van der Waals surface area contributed by atoms with Gasteiger partial charge in [-0.25, -0.2) is 0 Å². The van der Waals surface area contributed by atoms with Gasteiger partial charge in [0.05, 0.1) is 17.2 Å². The van der Waals surface area contributed by atoms with Gasteiger partial charge in [0.1, 0.15) is 0 Å². The molecule has 1 aromatic carbocycles. The zero-order valence-electron chi connectivity index (χ0n) is 12.0. The van der Waals surface area contributed by atoms with Gasteiger partial charge in [0.25, 0.3) is 5.91 Å². The van der Waals surface area contributed by atoms with Crippen molar-refractivity contribution in [1.82, 2.24) is 5.32 Å². The number of hydrogen-bond acceptors (Lipinski definition) is 3. The molecule has 0 aliphatic rings. The third-order valence-electron chi connectivity index (χ3n) is 2.88. The van der Waals surface area contributed by atoms with E-state index in [0.29, 0.717) is 12.2 Å². The number of benzene rings is 1. The standard InChI is InChI=1S/C14H17Cl2NO4/c1-14(2,5-4-11(18)19)17-13(20)8-6-9(15)12(21-3)10(16)7-8/h6-7H,4-5H2,1-3H3,(H,17,20)(H,18,19). The summed E-state index contributed by atoms with van der Waals surface area (Å²) in [4.78, 5) is 22.8. The fourth-order valence-electron chi connectivity index (χ4n) is 1.75. The lowest BCUT2D eigenvalue weighted by Crippen LogP contribution is -2.43. The van der Waals surface area contributed by atoms with E-state index in [1.54, 1.807) is 13.8 Å².